The topological polar surface area (TPSA) is 52.2 Å². The van der Waals surface area contributed by atoms with E-state index in [0.29, 0.717) is 0 Å². The number of aromatic nitrogens is 1. The fourth-order valence-corrected chi connectivity index (χ4v) is 2.21. The van der Waals surface area contributed by atoms with E-state index in [1.165, 1.54) is 16.5 Å². The molecule has 4 nitrogen and oxygen atoms in total. The predicted octanol–water partition coefficient (Wildman–Crippen LogP) is 2.45. The van der Waals surface area contributed by atoms with E-state index in [0.717, 1.165) is 31.9 Å². The summed E-state index contributed by atoms with van der Waals surface area (Å²) in [5.41, 5.74) is 2.58. The third kappa shape index (κ3) is 3.63. The number of guanidine groups is 1. The van der Waals surface area contributed by atoms with E-state index >= 15 is 0 Å². The molecule has 0 spiro atoms. The van der Waals surface area contributed by atoms with E-state index in [4.69, 9.17) is 0 Å². The zero-order chi connectivity index (χ0) is 14.2. The Morgan fingerprint density at radius 1 is 1.35 bits per heavy atom. The summed E-state index contributed by atoms with van der Waals surface area (Å²) in [6, 6.07) is 8.41. The molecule has 0 aliphatic carbocycles. The SMILES string of the molecule is C=CCNC(=NC)NCCCc1c[nH]c2ccccc12. The van der Waals surface area contributed by atoms with E-state index in [9.17, 15) is 0 Å². The van der Waals surface area contributed by atoms with Gasteiger partial charge in [-0.3, -0.25) is 4.99 Å². The molecule has 0 saturated heterocycles. The number of aryl methyl sites for hydroxylation is 1. The minimum atomic E-state index is 0.724. The number of nitrogens with one attached hydrogen (secondary N) is 3. The van der Waals surface area contributed by atoms with Crippen LogP contribution in [-0.2, 0) is 6.42 Å². The molecule has 0 fully saturated rings. The minimum absolute atomic E-state index is 0.724. The van der Waals surface area contributed by atoms with Crippen LogP contribution < -0.4 is 10.6 Å². The second kappa shape index (κ2) is 7.38. The molecular weight excluding hydrogens is 248 g/mol. The molecule has 2 aromatic rings. The number of hydrogen-bond acceptors (Lipinski definition) is 1. The number of fused-ring (bicyclic) bond motifs is 1. The van der Waals surface area contributed by atoms with Gasteiger partial charge >= 0.3 is 0 Å². The van der Waals surface area contributed by atoms with Crippen LogP contribution in [0.15, 0.2) is 48.1 Å². The van der Waals surface area contributed by atoms with Gasteiger partial charge in [-0.1, -0.05) is 24.3 Å². The molecule has 3 N–H and O–H groups in total. The minimum Gasteiger partial charge on any atom is -0.361 e. The van der Waals surface area contributed by atoms with E-state index in [-0.39, 0.29) is 0 Å². The molecule has 1 heterocycles. The lowest BCUT2D eigenvalue weighted by Gasteiger charge is -2.09. The summed E-state index contributed by atoms with van der Waals surface area (Å²) in [4.78, 5) is 7.46. The summed E-state index contributed by atoms with van der Waals surface area (Å²) in [5, 5.41) is 7.77. The van der Waals surface area contributed by atoms with E-state index in [1.807, 2.05) is 6.08 Å². The number of aromatic amines is 1. The average Bonchev–Trinajstić information content (AvgIpc) is 2.90. The molecule has 0 aliphatic rings. The largest absolute Gasteiger partial charge is 0.361 e. The van der Waals surface area contributed by atoms with Gasteiger partial charge in [0.25, 0.3) is 0 Å². The maximum atomic E-state index is 4.15. The molecule has 106 valence electrons. The van der Waals surface area contributed by atoms with Crippen molar-refractivity contribution in [1.82, 2.24) is 15.6 Å². The fraction of sp³-hybridized carbons (Fsp3) is 0.312. The molecule has 4 heteroatoms. The van der Waals surface area contributed by atoms with Crippen molar-refractivity contribution in [3.63, 3.8) is 0 Å². The Kier molecular flexibility index (Phi) is 5.24. The Hall–Kier alpha value is -2.23. The highest BCUT2D eigenvalue weighted by Gasteiger charge is 2.02. The standard InChI is InChI=1S/C16H22N4/c1-3-10-18-16(17-2)19-11-6-7-13-12-20-15-9-5-4-8-14(13)15/h3-5,8-9,12,20H,1,6-7,10-11H2,2H3,(H2,17,18,19). The lowest BCUT2D eigenvalue weighted by atomic mass is 10.1. The van der Waals surface area contributed by atoms with Crippen LogP contribution in [0.25, 0.3) is 10.9 Å². The molecule has 1 aromatic heterocycles. The van der Waals surface area contributed by atoms with Gasteiger partial charge in [0, 0.05) is 37.2 Å². The lowest BCUT2D eigenvalue weighted by molar-refractivity contribution is 0.755. The molecule has 0 saturated carbocycles. The van der Waals surface area contributed by atoms with Gasteiger partial charge in [0.05, 0.1) is 0 Å². The van der Waals surface area contributed by atoms with Crippen LogP contribution in [0.4, 0.5) is 0 Å². The maximum absolute atomic E-state index is 4.15. The van der Waals surface area contributed by atoms with Crippen LogP contribution in [0.3, 0.4) is 0 Å². The zero-order valence-electron chi connectivity index (χ0n) is 11.9. The van der Waals surface area contributed by atoms with Crippen LogP contribution in [-0.4, -0.2) is 31.1 Å². The van der Waals surface area contributed by atoms with Crippen molar-refractivity contribution in [2.45, 2.75) is 12.8 Å². The number of rotatable bonds is 6. The van der Waals surface area contributed by atoms with Crippen LogP contribution in [0.2, 0.25) is 0 Å². The highest BCUT2D eigenvalue weighted by Crippen LogP contribution is 2.18. The number of H-pyrrole nitrogens is 1. The van der Waals surface area contributed by atoms with E-state index in [1.54, 1.807) is 7.05 Å². The maximum Gasteiger partial charge on any atom is 0.191 e. The van der Waals surface area contributed by atoms with E-state index in [2.05, 4.69) is 57.7 Å². The molecule has 0 radical (unpaired) electrons. The molecule has 0 bridgehead atoms. The fourth-order valence-electron chi connectivity index (χ4n) is 2.21. The van der Waals surface area contributed by atoms with Gasteiger partial charge in [-0.05, 0) is 24.5 Å². The molecule has 20 heavy (non-hydrogen) atoms. The van der Waals surface area contributed by atoms with Gasteiger partial charge in [0.2, 0.25) is 0 Å². The second-order valence-electron chi connectivity index (χ2n) is 4.63. The smallest absolute Gasteiger partial charge is 0.191 e. The number of aliphatic imine (C=N–C) groups is 1. The molecule has 0 unspecified atom stereocenters. The summed E-state index contributed by atoms with van der Waals surface area (Å²) < 4.78 is 0. The number of hydrogen-bond donors (Lipinski definition) is 3. The Morgan fingerprint density at radius 2 is 2.20 bits per heavy atom. The van der Waals surface area contributed by atoms with Gasteiger partial charge < -0.3 is 15.6 Å². The quantitative estimate of drug-likeness (QED) is 0.327. The first kappa shape index (κ1) is 14.2. The molecular formula is C16H22N4. The molecule has 1 aromatic carbocycles. The molecule has 0 amide bonds. The third-order valence-corrected chi connectivity index (χ3v) is 3.23. The van der Waals surface area contributed by atoms with Crippen molar-refractivity contribution < 1.29 is 0 Å². The zero-order valence-corrected chi connectivity index (χ0v) is 11.9. The van der Waals surface area contributed by atoms with Gasteiger partial charge in [0.1, 0.15) is 0 Å². The van der Waals surface area contributed by atoms with Gasteiger partial charge in [-0.15, -0.1) is 6.58 Å². The van der Waals surface area contributed by atoms with Crippen LogP contribution in [0.1, 0.15) is 12.0 Å². The van der Waals surface area contributed by atoms with Crippen molar-refractivity contribution in [2.75, 3.05) is 20.1 Å². The first-order valence-electron chi connectivity index (χ1n) is 6.95. The third-order valence-electron chi connectivity index (χ3n) is 3.23. The van der Waals surface area contributed by atoms with Crippen molar-refractivity contribution >= 4 is 16.9 Å². The first-order chi connectivity index (χ1) is 9.85. The summed E-state index contributed by atoms with van der Waals surface area (Å²) >= 11 is 0. The van der Waals surface area contributed by atoms with Crippen molar-refractivity contribution in [1.29, 1.82) is 0 Å². The summed E-state index contributed by atoms with van der Waals surface area (Å²) in [6.07, 6.45) is 6.04. The summed E-state index contributed by atoms with van der Waals surface area (Å²) in [5.74, 6) is 0.823. The highest BCUT2D eigenvalue weighted by molar-refractivity contribution is 5.83. The van der Waals surface area contributed by atoms with Crippen LogP contribution in [0, 0.1) is 0 Å². The van der Waals surface area contributed by atoms with Gasteiger partial charge in [-0.2, -0.15) is 0 Å². The number of para-hydroxylation sites is 1. The second-order valence-corrected chi connectivity index (χ2v) is 4.63. The Balaban J connectivity index is 1.80. The van der Waals surface area contributed by atoms with Gasteiger partial charge in [-0.25, -0.2) is 0 Å². The summed E-state index contributed by atoms with van der Waals surface area (Å²) in [7, 11) is 1.78. The predicted molar refractivity (Wildman–Crippen MR) is 86.2 cm³/mol. The van der Waals surface area contributed by atoms with Crippen molar-refractivity contribution in [3.8, 4) is 0 Å². The van der Waals surface area contributed by atoms with Gasteiger partial charge in [0.15, 0.2) is 5.96 Å². The molecule has 0 aliphatic heterocycles. The van der Waals surface area contributed by atoms with Crippen LogP contribution in [0.5, 0.6) is 0 Å². The Bertz CT molecular complexity index is 583. The number of nitrogens with zero attached hydrogens (tertiary/aromatic N) is 1. The summed E-state index contributed by atoms with van der Waals surface area (Å²) in [6.45, 7) is 5.30. The first-order valence-corrected chi connectivity index (χ1v) is 6.95. The van der Waals surface area contributed by atoms with Crippen molar-refractivity contribution in [3.05, 3.63) is 48.7 Å². The molecule has 2 rings (SSSR count). The Labute approximate surface area is 120 Å². The number of benzene rings is 1. The normalized spacial score (nSPS) is 11.6. The lowest BCUT2D eigenvalue weighted by Crippen LogP contribution is -2.37. The van der Waals surface area contributed by atoms with Crippen LogP contribution >= 0.6 is 0 Å². The monoisotopic (exact) mass is 270 g/mol. The average molecular weight is 270 g/mol. The highest BCUT2D eigenvalue weighted by atomic mass is 15.2. The van der Waals surface area contributed by atoms with Crippen molar-refractivity contribution in [2.24, 2.45) is 4.99 Å². The molecule has 0 atom stereocenters. The Morgan fingerprint density at radius 3 is 3.00 bits per heavy atom. The van der Waals surface area contributed by atoms with E-state index < -0.39 is 0 Å².